The smallest absolute Gasteiger partial charge is 0.253 e. The number of para-hydroxylation sites is 1. The summed E-state index contributed by atoms with van der Waals surface area (Å²) in [7, 11) is 0. The zero-order valence-electron chi connectivity index (χ0n) is 10.9. The third-order valence-corrected chi connectivity index (χ3v) is 3.97. The molecule has 0 saturated heterocycles. The number of carbonyl (C=O) groups is 1. The number of aromatic amines is 1. The molecule has 2 atom stereocenters. The van der Waals surface area contributed by atoms with Gasteiger partial charge in [0.05, 0.1) is 5.56 Å². The van der Waals surface area contributed by atoms with Crippen molar-refractivity contribution in [2.24, 2.45) is 5.73 Å². The Balaban J connectivity index is 1.80. The van der Waals surface area contributed by atoms with Crippen molar-refractivity contribution in [2.45, 2.75) is 37.8 Å². The monoisotopic (exact) mass is 257 g/mol. The first kappa shape index (κ1) is 12.2. The Bertz CT molecular complexity index is 590. The molecule has 100 valence electrons. The van der Waals surface area contributed by atoms with E-state index >= 15 is 0 Å². The molecule has 0 aliphatic heterocycles. The molecule has 1 amide bonds. The average Bonchev–Trinajstić information content (AvgIpc) is 2.85. The van der Waals surface area contributed by atoms with Crippen molar-refractivity contribution < 1.29 is 4.79 Å². The van der Waals surface area contributed by atoms with Crippen molar-refractivity contribution >= 4 is 16.8 Å². The zero-order valence-corrected chi connectivity index (χ0v) is 10.9. The molecule has 3 rings (SSSR count). The maximum atomic E-state index is 12.3. The predicted molar refractivity (Wildman–Crippen MR) is 76.0 cm³/mol. The van der Waals surface area contributed by atoms with Crippen molar-refractivity contribution in [3.05, 3.63) is 36.0 Å². The van der Waals surface area contributed by atoms with E-state index in [0.29, 0.717) is 5.56 Å². The first-order valence-corrected chi connectivity index (χ1v) is 6.88. The Morgan fingerprint density at radius 1 is 1.26 bits per heavy atom. The molecule has 4 nitrogen and oxygen atoms in total. The Morgan fingerprint density at radius 2 is 2.05 bits per heavy atom. The predicted octanol–water partition coefficient (Wildman–Crippen LogP) is 2.17. The molecule has 1 heterocycles. The number of hydrogen-bond acceptors (Lipinski definition) is 2. The summed E-state index contributed by atoms with van der Waals surface area (Å²) >= 11 is 0. The number of rotatable bonds is 2. The van der Waals surface area contributed by atoms with Crippen molar-refractivity contribution in [1.82, 2.24) is 10.3 Å². The van der Waals surface area contributed by atoms with Crippen molar-refractivity contribution in [1.29, 1.82) is 0 Å². The number of carbonyl (C=O) groups excluding carboxylic acids is 1. The first-order chi connectivity index (χ1) is 9.25. The van der Waals surface area contributed by atoms with Gasteiger partial charge in [-0.15, -0.1) is 0 Å². The first-order valence-electron chi connectivity index (χ1n) is 6.88. The molecular weight excluding hydrogens is 238 g/mol. The lowest BCUT2D eigenvalue weighted by Crippen LogP contribution is -2.49. The summed E-state index contributed by atoms with van der Waals surface area (Å²) < 4.78 is 0. The normalized spacial score (nSPS) is 23.4. The summed E-state index contributed by atoms with van der Waals surface area (Å²) in [5.74, 6) is -0.0280. The third-order valence-electron chi connectivity index (χ3n) is 3.97. The molecular formula is C15H19N3O. The quantitative estimate of drug-likeness (QED) is 0.771. The minimum atomic E-state index is -0.0280. The summed E-state index contributed by atoms with van der Waals surface area (Å²) in [6.45, 7) is 0. The lowest BCUT2D eigenvalue weighted by molar-refractivity contribution is 0.0923. The van der Waals surface area contributed by atoms with E-state index in [9.17, 15) is 4.79 Å². The molecule has 4 N–H and O–H groups in total. The fraction of sp³-hybridized carbons (Fsp3) is 0.400. The van der Waals surface area contributed by atoms with Crippen LogP contribution in [0.1, 0.15) is 36.0 Å². The van der Waals surface area contributed by atoms with Crippen LogP contribution in [0.15, 0.2) is 30.5 Å². The highest BCUT2D eigenvalue weighted by Crippen LogP contribution is 2.20. The molecule has 2 aromatic rings. The molecule has 1 aromatic heterocycles. The molecule has 1 aromatic carbocycles. The molecule has 1 fully saturated rings. The summed E-state index contributed by atoms with van der Waals surface area (Å²) in [4.78, 5) is 15.5. The van der Waals surface area contributed by atoms with E-state index in [0.717, 1.165) is 30.2 Å². The van der Waals surface area contributed by atoms with Crippen molar-refractivity contribution in [3.63, 3.8) is 0 Å². The van der Waals surface area contributed by atoms with Crippen LogP contribution >= 0.6 is 0 Å². The Morgan fingerprint density at radius 3 is 2.89 bits per heavy atom. The number of nitrogens with two attached hydrogens (primary N) is 1. The van der Waals surface area contributed by atoms with Crippen molar-refractivity contribution in [2.75, 3.05) is 0 Å². The number of H-pyrrole nitrogens is 1. The Hall–Kier alpha value is -1.81. The van der Waals surface area contributed by atoms with E-state index in [1.807, 2.05) is 24.3 Å². The van der Waals surface area contributed by atoms with Gasteiger partial charge in [0.1, 0.15) is 0 Å². The lowest BCUT2D eigenvalue weighted by Gasteiger charge is -2.29. The van der Waals surface area contributed by atoms with E-state index in [2.05, 4.69) is 10.3 Å². The number of hydrogen-bond donors (Lipinski definition) is 3. The second-order valence-electron chi connectivity index (χ2n) is 5.28. The topological polar surface area (TPSA) is 70.9 Å². The van der Waals surface area contributed by atoms with E-state index < -0.39 is 0 Å². The van der Waals surface area contributed by atoms with Crippen LogP contribution in [0.25, 0.3) is 10.9 Å². The summed E-state index contributed by atoms with van der Waals surface area (Å²) in [5, 5.41) is 4.04. The molecule has 0 spiro atoms. The second-order valence-corrected chi connectivity index (χ2v) is 5.28. The average molecular weight is 257 g/mol. The minimum Gasteiger partial charge on any atom is -0.360 e. The minimum absolute atomic E-state index is 0.0280. The van der Waals surface area contributed by atoms with Crippen LogP contribution in [0.2, 0.25) is 0 Å². The highest BCUT2D eigenvalue weighted by molar-refractivity contribution is 6.06. The maximum absolute atomic E-state index is 12.3. The van der Waals surface area contributed by atoms with E-state index in [4.69, 9.17) is 5.73 Å². The molecule has 0 radical (unpaired) electrons. The third kappa shape index (κ3) is 2.36. The molecule has 19 heavy (non-hydrogen) atoms. The van der Waals surface area contributed by atoms with Gasteiger partial charge < -0.3 is 16.0 Å². The number of aromatic nitrogens is 1. The summed E-state index contributed by atoms with van der Waals surface area (Å²) in [6, 6.07) is 8.02. The van der Waals surface area contributed by atoms with Crippen LogP contribution in [0.3, 0.4) is 0 Å². The van der Waals surface area contributed by atoms with Crippen molar-refractivity contribution in [3.8, 4) is 0 Å². The van der Waals surface area contributed by atoms with Gasteiger partial charge in [0.2, 0.25) is 0 Å². The second kappa shape index (κ2) is 5.05. The number of benzene rings is 1. The van der Waals surface area contributed by atoms with Gasteiger partial charge in [0, 0.05) is 29.2 Å². The maximum Gasteiger partial charge on any atom is 0.253 e. The number of fused-ring (bicyclic) bond motifs is 1. The van der Waals surface area contributed by atoms with Crippen LogP contribution in [0.5, 0.6) is 0 Å². The Kier molecular flexibility index (Phi) is 3.25. The van der Waals surface area contributed by atoms with Crippen LogP contribution < -0.4 is 11.1 Å². The molecule has 1 aliphatic carbocycles. The van der Waals surface area contributed by atoms with E-state index in [1.165, 1.54) is 6.42 Å². The SMILES string of the molecule is NC1CCCCC1NC(=O)c1c[nH]c2ccccc12. The van der Waals surface area contributed by atoms with Crippen LogP contribution in [0, 0.1) is 0 Å². The zero-order chi connectivity index (χ0) is 13.2. The highest BCUT2D eigenvalue weighted by Gasteiger charge is 2.24. The number of nitrogens with one attached hydrogen (secondary N) is 2. The standard InChI is InChI=1S/C15H19N3O/c16-12-6-2-4-8-14(12)18-15(19)11-9-17-13-7-3-1-5-10(11)13/h1,3,5,7,9,12,14,17H,2,4,6,8,16H2,(H,18,19). The van der Waals surface area contributed by atoms with Gasteiger partial charge in [-0.05, 0) is 18.9 Å². The van der Waals surface area contributed by atoms with Gasteiger partial charge in [-0.3, -0.25) is 4.79 Å². The number of amides is 1. The highest BCUT2D eigenvalue weighted by atomic mass is 16.1. The largest absolute Gasteiger partial charge is 0.360 e. The van der Waals surface area contributed by atoms with Crippen LogP contribution in [-0.4, -0.2) is 23.0 Å². The van der Waals surface area contributed by atoms with Gasteiger partial charge in [-0.1, -0.05) is 31.0 Å². The van der Waals surface area contributed by atoms with E-state index in [-0.39, 0.29) is 18.0 Å². The molecule has 1 aliphatic rings. The molecule has 0 bridgehead atoms. The summed E-state index contributed by atoms with van der Waals surface area (Å²) in [6.07, 6.45) is 6.07. The van der Waals surface area contributed by atoms with Crippen LogP contribution in [0.4, 0.5) is 0 Å². The lowest BCUT2D eigenvalue weighted by atomic mass is 9.91. The molecule has 2 unspecified atom stereocenters. The van der Waals surface area contributed by atoms with Gasteiger partial charge in [-0.25, -0.2) is 0 Å². The van der Waals surface area contributed by atoms with Gasteiger partial charge in [-0.2, -0.15) is 0 Å². The van der Waals surface area contributed by atoms with E-state index in [1.54, 1.807) is 6.20 Å². The van der Waals surface area contributed by atoms with Gasteiger partial charge in [0.15, 0.2) is 0 Å². The molecule has 1 saturated carbocycles. The van der Waals surface area contributed by atoms with Crippen LogP contribution in [-0.2, 0) is 0 Å². The molecule has 4 heteroatoms. The summed E-state index contributed by atoms with van der Waals surface area (Å²) in [5.41, 5.74) is 7.76. The fourth-order valence-electron chi connectivity index (χ4n) is 2.84. The Labute approximate surface area is 112 Å². The van der Waals surface area contributed by atoms with Gasteiger partial charge >= 0.3 is 0 Å². The fourth-order valence-corrected chi connectivity index (χ4v) is 2.84. The van der Waals surface area contributed by atoms with Gasteiger partial charge in [0.25, 0.3) is 5.91 Å².